The molecule has 3 aromatic rings. The summed E-state index contributed by atoms with van der Waals surface area (Å²) >= 11 is 0. The SMILES string of the molecule is CC(C)OC(=O)N1CC2(Cc3cc4ccccc4cc3C(Cc3nc4c(n3CC(F)(F)CCF)CCCC4)C2=O)C1. The molecule has 0 N–H and O–H groups in total. The molecule has 0 radical (unpaired) electrons. The van der Waals surface area contributed by atoms with Crippen LogP contribution in [-0.2, 0) is 41.8 Å². The van der Waals surface area contributed by atoms with Gasteiger partial charge in [0, 0.05) is 31.6 Å². The molecule has 218 valence electrons. The quantitative estimate of drug-likeness (QED) is 0.341. The second kappa shape index (κ2) is 10.5. The van der Waals surface area contributed by atoms with Crippen molar-refractivity contribution >= 4 is 22.6 Å². The number of imidazole rings is 1. The molecule has 1 aliphatic heterocycles. The molecule has 41 heavy (non-hydrogen) atoms. The average Bonchev–Trinajstić information content (AvgIpc) is 3.23. The van der Waals surface area contributed by atoms with Crippen molar-refractivity contribution in [2.45, 2.75) is 83.3 Å². The normalized spacial score (nSPS) is 19.8. The third-order valence-corrected chi connectivity index (χ3v) is 8.88. The number of hydrogen-bond donors (Lipinski definition) is 0. The van der Waals surface area contributed by atoms with Gasteiger partial charge in [0.25, 0.3) is 5.92 Å². The number of alkyl halides is 3. The van der Waals surface area contributed by atoms with E-state index in [9.17, 15) is 22.8 Å². The zero-order chi connectivity index (χ0) is 28.9. The van der Waals surface area contributed by atoms with E-state index in [0.29, 0.717) is 25.1 Å². The Morgan fingerprint density at radius 2 is 1.85 bits per heavy atom. The molecule has 2 aliphatic carbocycles. The van der Waals surface area contributed by atoms with Crippen LogP contribution in [0.25, 0.3) is 10.8 Å². The minimum atomic E-state index is -3.22. The maximum Gasteiger partial charge on any atom is 0.410 e. The first-order valence-corrected chi connectivity index (χ1v) is 14.6. The predicted molar refractivity (Wildman–Crippen MR) is 149 cm³/mol. The largest absolute Gasteiger partial charge is 0.447 e. The lowest BCUT2D eigenvalue weighted by Crippen LogP contribution is -2.65. The van der Waals surface area contributed by atoms with Crippen LogP contribution in [0.5, 0.6) is 0 Å². The van der Waals surface area contributed by atoms with E-state index in [2.05, 4.69) is 12.1 Å². The fourth-order valence-electron chi connectivity index (χ4n) is 6.94. The van der Waals surface area contributed by atoms with Crippen molar-refractivity contribution in [3.05, 3.63) is 64.7 Å². The maximum absolute atomic E-state index is 14.8. The zero-order valence-electron chi connectivity index (χ0n) is 23.6. The maximum atomic E-state index is 14.8. The second-order valence-electron chi connectivity index (χ2n) is 12.3. The number of ether oxygens (including phenoxy) is 1. The van der Waals surface area contributed by atoms with Crippen molar-refractivity contribution in [1.29, 1.82) is 0 Å². The molecule has 0 saturated carbocycles. The number of halogens is 3. The Morgan fingerprint density at radius 1 is 1.15 bits per heavy atom. The van der Waals surface area contributed by atoms with Gasteiger partial charge in [-0.25, -0.2) is 18.6 Å². The van der Waals surface area contributed by atoms with Gasteiger partial charge in [0.2, 0.25) is 0 Å². The first kappa shape index (κ1) is 27.8. The van der Waals surface area contributed by atoms with Gasteiger partial charge in [-0.15, -0.1) is 0 Å². The Morgan fingerprint density at radius 3 is 2.56 bits per heavy atom. The monoisotopic (exact) mass is 567 g/mol. The van der Waals surface area contributed by atoms with E-state index in [-0.39, 0.29) is 31.4 Å². The number of nitrogens with zero attached hydrogens (tertiary/aromatic N) is 3. The second-order valence-corrected chi connectivity index (χ2v) is 12.3. The molecule has 2 heterocycles. The molecule has 6 rings (SSSR count). The van der Waals surface area contributed by atoms with E-state index in [1.807, 2.05) is 24.3 Å². The number of ketones is 1. The van der Waals surface area contributed by atoms with Crippen LogP contribution in [0.4, 0.5) is 18.0 Å². The van der Waals surface area contributed by atoms with Crippen LogP contribution in [0.2, 0.25) is 0 Å². The van der Waals surface area contributed by atoms with Crippen molar-refractivity contribution in [2.75, 3.05) is 19.8 Å². The van der Waals surface area contributed by atoms with Gasteiger partial charge in [0.05, 0.1) is 36.4 Å². The summed E-state index contributed by atoms with van der Waals surface area (Å²) < 4.78 is 49.5. The van der Waals surface area contributed by atoms with Crippen LogP contribution in [0.15, 0.2) is 36.4 Å². The minimum absolute atomic E-state index is 0.0110. The summed E-state index contributed by atoms with van der Waals surface area (Å²) in [4.78, 5) is 33.3. The molecule has 1 unspecified atom stereocenters. The van der Waals surface area contributed by atoms with Crippen LogP contribution in [-0.4, -0.2) is 58.1 Å². The number of benzene rings is 2. The number of hydrogen-bond acceptors (Lipinski definition) is 4. The molecule has 9 heteroatoms. The third kappa shape index (κ3) is 5.12. The van der Waals surface area contributed by atoms with Crippen molar-refractivity contribution < 1.29 is 27.5 Å². The summed E-state index contributed by atoms with van der Waals surface area (Å²) in [6.45, 7) is 2.36. The number of rotatable bonds is 7. The summed E-state index contributed by atoms with van der Waals surface area (Å²) in [6.07, 6.45) is 2.32. The third-order valence-electron chi connectivity index (χ3n) is 8.88. The molecule has 6 nitrogen and oxygen atoms in total. The number of likely N-dealkylation sites (tertiary alicyclic amines) is 1. The Labute approximate surface area is 237 Å². The number of amides is 1. The van der Waals surface area contributed by atoms with Crippen LogP contribution in [0, 0.1) is 5.41 Å². The van der Waals surface area contributed by atoms with Crippen LogP contribution >= 0.6 is 0 Å². The number of carbonyl (C=O) groups is 2. The van der Waals surface area contributed by atoms with Gasteiger partial charge in [0.15, 0.2) is 5.78 Å². The van der Waals surface area contributed by atoms with E-state index >= 15 is 0 Å². The topological polar surface area (TPSA) is 64.4 Å². The van der Waals surface area contributed by atoms with E-state index in [4.69, 9.17) is 9.72 Å². The van der Waals surface area contributed by atoms with Crippen LogP contribution in [0.3, 0.4) is 0 Å². The van der Waals surface area contributed by atoms with E-state index in [0.717, 1.165) is 46.1 Å². The lowest BCUT2D eigenvalue weighted by atomic mass is 9.61. The molecule has 3 aliphatic rings. The van der Waals surface area contributed by atoms with E-state index in [1.54, 1.807) is 23.3 Å². The number of carbonyl (C=O) groups excluding carboxylic acids is 2. The summed E-state index contributed by atoms with van der Waals surface area (Å²) in [7, 11) is 0. The molecule has 1 aromatic heterocycles. The van der Waals surface area contributed by atoms with Gasteiger partial charge in [-0.05, 0) is 67.9 Å². The average molecular weight is 568 g/mol. The highest BCUT2D eigenvalue weighted by atomic mass is 19.3. The predicted octanol–water partition coefficient (Wildman–Crippen LogP) is 6.21. The molecule has 1 fully saturated rings. The van der Waals surface area contributed by atoms with Crippen LogP contribution in [0.1, 0.15) is 67.4 Å². The fraction of sp³-hybridized carbons (Fsp3) is 0.531. The molecular weight excluding hydrogens is 531 g/mol. The molecule has 0 bridgehead atoms. The smallest absolute Gasteiger partial charge is 0.410 e. The van der Waals surface area contributed by atoms with Gasteiger partial charge in [-0.1, -0.05) is 36.4 Å². The van der Waals surface area contributed by atoms with Gasteiger partial charge < -0.3 is 14.2 Å². The number of aromatic nitrogens is 2. The van der Waals surface area contributed by atoms with Crippen LogP contribution < -0.4 is 0 Å². The standard InChI is InChI=1S/C32H36F3N3O3/c1-20(2)41-30(40)37-17-31(18-37)16-23-13-21-7-3-4-8-22(21)14-24(23)25(29(31)39)15-28-36-26-9-5-6-10-27(26)38(28)19-32(34,35)11-12-33/h3-4,7-8,13-14,20,25H,5-6,9-12,15-19H2,1-2H3. The van der Waals surface area contributed by atoms with Crippen molar-refractivity contribution in [2.24, 2.45) is 5.41 Å². The van der Waals surface area contributed by atoms with E-state index < -0.39 is 43.0 Å². The van der Waals surface area contributed by atoms with Gasteiger partial charge >= 0.3 is 6.09 Å². The first-order chi connectivity index (χ1) is 19.6. The molecule has 1 atom stereocenters. The highest BCUT2D eigenvalue weighted by molar-refractivity contribution is 5.98. The van der Waals surface area contributed by atoms with Gasteiger partial charge in [-0.3, -0.25) is 9.18 Å². The Balaban J connectivity index is 1.39. The minimum Gasteiger partial charge on any atom is -0.447 e. The summed E-state index contributed by atoms with van der Waals surface area (Å²) in [5, 5.41) is 2.07. The summed E-state index contributed by atoms with van der Waals surface area (Å²) in [5.41, 5.74) is 2.77. The fourth-order valence-corrected chi connectivity index (χ4v) is 6.94. The molecule has 1 amide bonds. The zero-order valence-corrected chi connectivity index (χ0v) is 23.6. The first-order valence-electron chi connectivity index (χ1n) is 14.6. The number of aryl methyl sites for hydroxylation is 1. The lowest BCUT2D eigenvalue weighted by Gasteiger charge is -2.52. The van der Waals surface area contributed by atoms with Crippen molar-refractivity contribution in [3.63, 3.8) is 0 Å². The Kier molecular flexibility index (Phi) is 7.10. The molecule has 1 spiro atoms. The number of fused-ring (bicyclic) bond motifs is 3. The summed E-state index contributed by atoms with van der Waals surface area (Å²) in [6, 6.07) is 12.1. The van der Waals surface area contributed by atoms with Gasteiger partial charge in [-0.2, -0.15) is 0 Å². The number of Topliss-reactive ketones (excluding diaryl/α,β-unsaturated/α-hetero) is 1. The molecular formula is C32H36F3N3O3. The lowest BCUT2D eigenvalue weighted by molar-refractivity contribution is -0.140. The van der Waals surface area contributed by atoms with E-state index in [1.165, 1.54) is 0 Å². The van der Waals surface area contributed by atoms with Gasteiger partial charge in [0.1, 0.15) is 5.82 Å². The Hall–Kier alpha value is -3.36. The highest BCUT2D eigenvalue weighted by Crippen LogP contribution is 2.47. The Bertz CT molecular complexity index is 1490. The van der Waals surface area contributed by atoms with Crippen molar-refractivity contribution in [3.8, 4) is 0 Å². The molecule has 2 aromatic carbocycles. The highest BCUT2D eigenvalue weighted by Gasteiger charge is 2.56. The van der Waals surface area contributed by atoms with Crippen molar-refractivity contribution in [1.82, 2.24) is 14.5 Å². The molecule has 1 saturated heterocycles. The summed E-state index contributed by atoms with van der Waals surface area (Å²) in [5.74, 6) is -3.34.